The van der Waals surface area contributed by atoms with Crippen LogP contribution in [0.15, 0.2) is 20.9 Å². The Morgan fingerprint density at radius 3 is 2.95 bits per heavy atom. The second-order valence-corrected chi connectivity index (χ2v) is 6.65. The zero-order chi connectivity index (χ0) is 15.2. The number of nitrogens with one attached hydrogen (secondary N) is 1. The molecule has 0 saturated heterocycles. The van der Waals surface area contributed by atoms with Crippen LogP contribution in [0.3, 0.4) is 0 Å². The minimum Gasteiger partial charge on any atom is -0.464 e. The Morgan fingerprint density at radius 1 is 1.48 bits per heavy atom. The van der Waals surface area contributed by atoms with Gasteiger partial charge in [0.2, 0.25) is 11.0 Å². The Bertz CT molecular complexity index is 597. The van der Waals surface area contributed by atoms with Crippen LogP contribution in [0.5, 0.6) is 0 Å². The van der Waals surface area contributed by atoms with Gasteiger partial charge in [-0.15, -0.1) is 10.2 Å². The van der Waals surface area contributed by atoms with E-state index in [1.165, 1.54) is 23.1 Å². The minimum atomic E-state index is 0.0363. The van der Waals surface area contributed by atoms with Crippen molar-refractivity contribution in [1.82, 2.24) is 15.1 Å². The molecule has 2 heterocycles. The number of carbonyl (C=O) groups excluding carboxylic acids is 1. The summed E-state index contributed by atoms with van der Waals surface area (Å²) < 4.78 is 6.26. The van der Waals surface area contributed by atoms with E-state index < -0.39 is 0 Å². The van der Waals surface area contributed by atoms with E-state index in [1.54, 1.807) is 11.9 Å². The molecule has 8 heteroatoms. The summed E-state index contributed by atoms with van der Waals surface area (Å²) in [6.45, 7) is 5.18. The van der Waals surface area contributed by atoms with Crippen molar-refractivity contribution in [2.45, 2.75) is 24.7 Å². The van der Waals surface area contributed by atoms with Gasteiger partial charge in [0, 0.05) is 13.6 Å². The topological polar surface area (TPSA) is 71.3 Å². The normalized spacial score (nSPS) is 10.6. The minimum absolute atomic E-state index is 0.0363. The van der Waals surface area contributed by atoms with Crippen LogP contribution in [0.25, 0.3) is 0 Å². The molecule has 0 atom stereocenters. The molecule has 0 aliphatic rings. The van der Waals surface area contributed by atoms with E-state index >= 15 is 0 Å². The van der Waals surface area contributed by atoms with Crippen molar-refractivity contribution in [3.63, 3.8) is 0 Å². The van der Waals surface area contributed by atoms with Crippen molar-refractivity contribution in [2.24, 2.45) is 0 Å². The van der Waals surface area contributed by atoms with Crippen molar-refractivity contribution in [2.75, 3.05) is 24.7 Å². The highest BCUT2D eigenvalue weighted by Gasteiger charge is 2.13. The van der Waals surface area contributed by atoms with Crippen molar-refractivity contribution >= 4 is 34.1 Å². The quantitative estimate of drug-likeness (QED) is 0.789. The average molecular weight is 326 g/mol. The maximum absolute atomic E-state index is 12.1. The van der Waals surface area contributed by atoms with Crippen LogP contribution in [0.2, 0.25) is 0 Å². The molecule has 0 fully saturated rings. The van der Waals surface area contributed by atoms with Gasteiger partial charge in [0.25, 0.3) is 0 Å². The molecule has 114 valence electrons. The number of thioether (sulfide) groups is 1. The standard InChI is InChI=1S/C13H18N4O2S2/c1-4-14-12-15-16-13(21-12)20-8-11(18)17(3)7-10-6-5-9(2)19-10/h5-6H,4,7-8H2,1-3H3,(H,14,15). The third kappa shape index (κ3) is 4.75. The molecule has 1 N–H and O–H groups in total. The van der Waals surface area contributed by atoms with E-state index in [4.69, 9.17) is 4.42 Å². The van der Waals surface area contributed by atoms with E-state index in [9.17, 15) is 4.79 Å². The Balaban J connectivity index is 1.80. The number of aromatic nitrogens is 2. The van der Waals surface area contributed by atoms with Crippen LogP contribution >= 0.6 is 23.1 Å². The predicted molar refractivity (Wildman–Crippen MR) is 84.7 cm³/mol. The lowest BCUT2D eigenvalue weighted by Gasteiger charge is -2.14. The predicted octanol–water partition coefficient (Wildman–Crippen LogP) is 2.62. The molecule has 2 rings (SSSR count). The third-order valence-electron chi connectivity index (χ3n) is 2.67. The molecule has 0 aliphatic carbocycles. The highest BCUT2D eigenvalue weighted by Crippen LogP contribution is 2.25. The average Bonchev–Trinajstić information content (AvgIpc) is 3.06. The first kappa shape index (κ1) is 15.8. The van der Waals surface area contributed by atoms with Crippen molar-refractivity contribution < 1.29 is 9.21 Å². The van der Waals surface area contributed by atoms with Crippen LogP contribution in [0.1, 0.15) is 18.4 Å². The molecule has 2 aromatic heterocycles. The molecular formula is C13H18N4O2S2. The maximum Gasteiger partial charge on any atom is 0.233 e. The first-order valence-electron chi connectivity index (χ1n) is 6.58. The van der Waals surface area contributed by atoms with Gasteiger partial charge in [0.1, 0.15) is 11.5 Å². The van der Waals surface area contributed by atoms with Crippen LogP contribution < -0.4 is 5.32 Å². The van der Waals surface area contributed by atoms with Crippen molar-refractivity contribution in [3.8, 4) is 0 Å². The van der Waals surface area contributed by atoms with Gasteiger partial charge in [0.15, 0.2) is 4.34 Å². The third-order valence-corrected chi connectivity index (χ3v) is 4.67. The Hall–Kier alpha value is -1.54. The van der Waals surface area contributed by atoms with Gasteiger partial charge in [-0.1, -0.05) is 23.1 Å². The van der Waals surface area contributed by atoms with Gasteiger partial charge in [0.05, 0.1) is 12.3 Å². The summed E-state index contributed by atoms with van der Waals surface area (Å²) in [6.07, 6.45) is 0. The molecule has 0 spiro atoms. The fourth-order valence-corrected chi connectivity index (χ4v) is 3.38. The van der Waals surface area contributed by atoms with Crippen LogP contribution in [0.4, 0.5) is 5.13 Å². The maximum atomic E-state index is 12.1. The molecule has 21 heavy (non-hydrogen) atoms. The Kier molecular flexibility index (Phi) is 5.63. The summed E-state index contributed by atoms with van der Waals surface area (Å²) in [5.41, 5.74) is 0. The highest BCUT2D eigenvalue weighted by atomic mass is 32.2. The fourth-order valence-electron chi connectivity index (χ4n) is 1.62. The number of furan rings is 1. The monoisotopic (exact) mass is 326 g/mol. The van der Waals surface area contributed by atoms with E-state index in [2.05, 4.69) is 15.5 Å². The largest absolute Gasteiger partial charge is 0.464 e. The lowest BCUT2D eigenvalue weighted by Crippen LogP contribution is -2.27. The van der Waals surface area contributed by atoms with Crippen LogP contribution in [0, 0.1) is 6.92 Å². The molecular weight excluding hydrogens is 308 g/mol. The Labute approximate surface area is 131 Å². The first-order valence-corrected chi connectivity index (χ1v) is 8.38. The number of hydrogen-bond acceptors (Lipinski definition) is 7. The number of amides is 1. The SMILES string of the molecule is CCNc1nnc(SCC(=O)N(C)Cc2ccc(C)o2)s1. The van der Waals surface area contributed by atoms with E-state index in [-0.39, 0.29) is 5.91 Å². The molecule has 0 unspecified atom stereocenters. The summed E-state index contributed by atoms with van der Waals surface area (Å²) in [5, 5.41) is 11.9. The summed E-state index contributed by atoms with van der Waals surface area (Å²) >= 11 is 2.86. The smallest absolute Gasteiger partial charge is 0.233 e. The van der Waals surface area contributed by atoms with Crippen molar-refractivity contribution in [1.29, 1.82) is 0 Å². The second-order valence-electron chi connectivity index (χ2n) is 4.45. The molecule has 0 aromatic carbocycles. The first-order chi connectivity index (χ1) is 10.1. The molecule has 0 saturated carbocycles. The van der Waals surface area contributed by atoms with Gasteiger partial charge in [-0.3, -0.25) is 4.79 Å². The summed E-state index contributed by atoms with van der Waals surface area (Å²) in [7, 11) is 1.77. The highest BCUT2D eigenvalue weighted by molar-refractivity contribution is 8.01. The second kappa shape index (κ2) is 7.46. The molecule has 0 radical (unpaired) electrons. The summed E-state index contributed by atoms with van der Waals surface area (Å²) in [4.78, 5) is 13.7. The molecule has 0 bridgehead atoms. The fraction of sp³-hybridized carbons (Fsp3) is 0.462. The van der Waals surface area contributed by atoms with Crippen LogP contribution in [-0.4, -0.2) is 40.3 Å². The summed E-state index contributed by atoms with van der Waals surface area (Å²) in [6, 6.07) is 3.78. The number of aryl methyl sites for hydroxylation is 1. The molecule has 6 nitrogen and oxygen atoms in total. The number of rotatable bonds is 7. The molecule has 0 aliphatic heterocycles. The number of nitrogens with zero attached hydrogens (tertiary/aromatic N) is 3. The van der Waals surface area contributed by atoms with Crippen LogP contribution in [-0.2, 0) is 11.3 Å². The summed E-state index contributed by atoms with van der Waals surface area (Å²) in [5.74, 6) is 2.02. The lowest BCUT2D eigenvalue weighted by atomic mass is 10.4. The van der Waals surface area contributed by atoms with Gasteiger partial charge in [-0.2, -0.15) is 0 Å². The number of hydrogen-bond donors (Lipinski definition) is 1. The van der Waals surface area contributed by atoms with Gasteiger partial charge in [-0.05, 0) is 26.0 Å². The molecule has 2 aromatic rings. The van der Waals surface area contributed by atoms with Crippen molar-refractivity contribution in [3.05, 3.63) is 23.7 Å². The van der Waals surface area contributed by atoms with Gasteiger partial charge < -0.3 is 14.6 Å². The number of carbonyl (C=O) groups is 1. The number of anilines is 1. The Morgan fingerprint density at radius 2 is 2.29 bits per heavy atom. The zero-order valence-electron chi connectivity index (χ0n) is 12.3. The lowest BCUT2D eigenvalue weighted by molar-refractivity contribution is -0.127. The van der Waals surface area contributed by atoms with E-state index in [0.29, 0.717) is 12.3 Å². The zero-order valence-corrected chi connectivity index (χ0v) is 13.9. The van der Waals surface area contributed by atoms with E-state index in [1.807, 2.05) is 26.0 Å². The van der Waals surface area contributed by atoms with E-state index in [0.717, 1.165) is 27.5 Å². The van der Waals surface area contributed by atoms with Gasteiger partial charge in [-0.25, -0.2) is 0 Å². The van der Waals surface area contributed by atoms with Gasteiger partial charge >= 0.3 is 0 Å². The molecule has 1 amide bonds.